The van der Waals surface area contributed by atoms with E-state index in [1.54, 1.807) is 50.3 Å². The van der Waals surface area contributed by atoms with Crippen LogP contribution in [0.2, 0.25) is 0 Å². The van der Waals surface area contributed by atoms with Gasteiger partial charge < -0.3 is 10.5 Å². The molecule has 1 aromatic rings. The van der Waals surface area contributed by atoms with Crippen molar-refractivity contribution in [2.45, 2.75) is 45.5 Å². The largest absolute Gasteiger partial charge is 0.444 e. The van der Waals surface area contributed by atoms with Crippen LogP contribution in [0.3, 0.4) is 0 Å². The molecule has 0 saturated heterocycles. The van der Waals surface area contributed by atoms with Crippen LogP contribution in [0.1, 0.15) is 31.9 Å². The molecule has 0 aliphatic carbocycles. The lowest BCUT2D eigenvalue weighted by molar-refractivity contribution is -0.151. The number of halogens is 5. The number of aryl methyl sites for hydroxylation is 1. The molecule has 0 bridgehead atoms. The van der Waals surface area contributed by atoms with Gasteiger partial charge in [-0.15, -0.1) is 0 Å². The molecule has 0 saturated carbocycles. The molecular weight excluding hydrogens is 505 g/mol. The van der Waals surface area contributed by atoms with E-state index in [9.17, 15) is 22.4 Å². The van der Waals surface area contributed by atoms with Crippen molar-refractivity contribution in [3.63, 3.8) is 0 Å². The lowest BCUT2D eigenvalue weighted by Crippen LogP contribution is -2.50. The summed E-state index contributed by atoms with van der Waals surface area (Å²) in [5.74, 6) is -0.417. The second kappa shape index (κ2) is 8.49. The number of nitrogens with two attached hydrogens (primary N) is 1. The van der Waals surface area contributed by atoms with Gasteiger partial charge in [-0.3, -0.25) is 9.89 Å². The minimum atomic E-state index is -4.63. The highest BCUT2D eigenvalue weighted by Gasteiger charge is 2.44. The van der Waals surface area contributed by atoms with Crippen molar-refractivity contribution in [3.8, 4) is 0 Å². The third-order valence-electron chi connectivity index (χ3n) is 4.03. The van der Waals surface area contributed by atoms with Gasteiger partial charge in [0.05, 0.1) is 28.1 Å². The minimum absolute atomic E-state index is 0.0181. The number of alkyl halides is 3. The van der Waals surface area contributed by atoms with Crippen molar-refractivity contribution in [2.75, 3.05) is 13.1 Å². The van der Waals surface area contributed by atoms with Crippen molar-refractivity contribution < 1.29 is 27.1 Å². The summed E-state index contributed by atoms with van der Waals surface area (Å²) < 4.78 is 59.2. The van der Waals surface area contributed by atoms with E-state index in [1.807, 2.05) is 0 Å². The molecular formula is C19H22F4IN3O2. The molecule has 1 atom stereocenters. The molecule has 1 unspecified atom stereocenters. The molecule has 1 aromatic carbocycles. The van der Waals surface area contributed by atoms with E-state index in [1.165, 1.54) is 18.2 Å². The van der Waals surface area contributed by atoms with E-state index in [-0.39, 0.29) is 21.5 Å². The van der Waals surface area contributed by atoms with Gasteiger partial charge in [-0.05, 0) is 79.6 Å². The smallest absolute Gasteiger partial charge is 0.412 e. The zero-order valence-electron chi connectivity index (χ0n) is 16.4. The Hall–Kier alpha value is -1.85. The molecule has 5 nitrogen and oxygen atoms in total. The Morgan fingerprint density at radius 3 is 2.45 bits per heavy atom. The molecule has 2 N–H and O–H groups in total. The molecule has 1 amide bonds. The highest BCUT2D eigenvalue weighted by Crippen LogP contribution is 2.30. The summed E-state index contributed by atoms with van der Waals surface area (Å²) in [5, 5.41) is 0. The molecule has 1 heterocycles. The van der Waals surface area contributed by atoms with Crippen molar-refractivity contribution in [2.24, 2.45) is 10.7 Å². The van der Waals surface area contributed by atoms with Crippen molar-refractivity contribution in [1.29, 1.82) is 0 Å². The van der Waals surface area contributed by atoms with Crippen LogP contribution < -0.4 is 5.73 Å². The van der Waals surface area contributed by atoms with Crippen LogP contribution in [-0.2, 0) is 4.74 Å². The highest BCUT2D eigenvalue weighted by atomic mass is 127. The van der Waals surface area contributed by atoms with E-state index in [0.717, 1.165) is 4.90 Å². The van der Waals surface area contributed by atoms with Gasteiger partial charge in [-0.1, -0.05) is 0 Å². The molecule has 1 aliphatic heterocycles. The molecule has 29 heavy (non-hydrogen) atoms. The number of aliphatic imine (C=N–C) groups is 1. The van der Waals surface area contributed by atoms with Gasteiger partial charge in [-0.2, -0.15) is 13.2 Å². The van der Waals surface area contributed by atoms with E-state index >= 15 is 0 Å². The number of carbonyl (C=O) groups is 1. The number of hydrogen-bond donors (Lipinski definition) is 1. The third kappa shape index (κ3) is 6.06. The van der Waals surface area contributed by atoms with Crippen LogP contribution in [0.4, 0.5) is 22.4 Å². The van der Waals surface area contributed by atoms with Crippen LogP contribution >= 0.6 is 22.6 Å². The van der Waals surface area contributed by atoms with Crippen LogP contribution in [0, 0.1) is 12.7 Å². The number of nitrogens with zero attached hydrogens (tertiary/aromatic N) is 2. The summed E-state index contributed by atoms with van der Waals surface area (Å²) >= 11 is 1.79. The standard InChI is InChI=1S/C19H22F4IN3O2/c1-10-7-11(5-6-12(10)20)16(25)15(24)13-8-27(17(28)29-18(2,3)4)9-14(26-13)19(21,22)23/h5-7,14H,8-9,25H2,1-4H3. The Kier molecular flexibility index (Phi) is 6.86. The van der Waals surface area contributed by atoms with E-state index < -0.39 is 36.3 Å². The van der Waals surface area contributed by atoms with Gasteiger partial charge in [0.15, 0.2) is 6.04 Å². The van der Waals surface area contributed by atoms with Crippen molar-refractivity contribution in [3.05, 3.63) is 38.7 Å². The van der Waals surface area contributed by atoms with Crippen LogP contribution in [0.25, 0.3) is 5.70 Å². The summed E-state index contributed by atoms with van der Waals surface area (Å²) in [4.78, 5) is 17.1. The van der Waals surface area contributed by atoms with Gasteiger partial charge in [0, 0.05) is 0 Å². The second-order valence-corrected chi connectivity index (χ2v) is 8.76. The summed E-state index contributed by atoms with van der Waals surface area (Å²) in [6.07, 6.45) is -5.50. The predicted octanol–water partition coefficient (Wildman–Crippen LogP) is 4.82. The Bertz CT molecular complexity index is 860. The average molecular weight is 527 g/mol. The van der Waals surface area contributed by atoms with Gasteiger partial charge in [0.2, 0.25) is 0 Å². The van der Waals surface area contributed by atoms with Gasteiger partial charge in [0.25, 0.3) is 0 Å². The lowest BCUT2D eigenvalue weighted by atomic mass is 10.1. The van der Waals surface area contributed by atoms with Gasteiger partial charge >= 0.3 is 12.3 Å². The Morgan fingerprint density at radius 2 is 1.93 bits per heavy atom. The highest BCUT2D eigenvalue weighted by molar-refractivity contribution is 14.1. The van der Waals surface area contributed by atoms with E-state index in [0.29, 0.717) is 11.1 Å². The quantitative estimate of drug-likeness (QED) is 0.443. The SMILES string of the molecule is Cc1cc(C(N)=C(I)C2=NC(C(F)(F)F)CN(C(=O)OC(C)(C)C)C2)ccc1F. The molecule has 160 valence electrons. The maximum Gasteiger partial charge on any atom is 0.412 e. The molecule has 0 fully saturated rings. The normalized spacial score (nSPS) is 18.9. The fourth-order valence-electron chi connectivity index (χ4n) is 2.59. The second-order valence-electron chi connectivity index (χ2n) is 7.69. The minimum Gasteiger partial charge on any atom is -0.444 e. The number of benzene rings is 1. The third-order valence-corrected chi connectivity index (χ3v) is 5.24. The van der Waals surface area contributed by atoms with E-state index in [4.69, 9.17) is 10.5 Å². The first kappa shape index (κ1) is 23.4. The Labute approximate surface area is 180 Å². The summed E-state index contributed by atoms with van der Waals surface area (Å²) in [7, 11) is 0. The van der Waals surface area contributed by atoms with Crippen LogP contribution in [-0.4, -0.2) is 47.6 Å². The number of rotatable bonds is 2. The number of amides is 1. The maximum atomic E-state index is 13.5. The maximum absolute atomic E-state index is 13.5. The van der Waals surface area contributed by atoms with Crippen LogP contribution in [0.15, 0.2) is 26.8 Å². The van der Waals surface area contributed by atoms with Crippen LogP contribution in [0.5, 0.6) is 0 Å². The molecule has 0 radical (unpaired) electrons. The predicted molar refractivity (Wildman–Crippen MR) is 111 cm³/mol. The first-order valence-corrected chi connectivity index (χ1v) is 9.80. The molecule has 0 aromatic heterocycles. The number of carbonyl (C=O) groups excluding carboxylic acids is 1. The topological polar surface area (TPSA) is 67.9 Å². The Balaban J connectivity index is 2.42. The summed E-state index contributed by atoms with van der Waals surface area (Å²) in [5.41, 5.74) is 6.24. The Morgan fingerprint density at radius 1 is 1.31 bits per heavy atom. The van der Waals surface area contributed by atoms with Crippen molar-refractivity contribution in [1.82, 2.24) is 4.90 Å². The van der Waals surface area contributed by atoms with Gasteiger partial charge in [0.1, 0.15) is 11.4 Å². The summed E-state index contributed by atoms with van der Waals surface area (Å²) in [6, 6.07) is 2.08. The zero-order chi connectivity index (χ0) is 22.1. The monoisotopic (exact) mass is 527 g/mol. The summed E-state index contributed by atoms with van der Waals surface area (Å²) in [6.45, 7) is 5.62. The zero-order valence-corrected chi connectivity index (χ0v) is 18.6. The fourth-order valence-corrected chi connectivity index (χ4v) is 3.21. The average Bonchev–Trinajstić information content (AvgIpc) is 2.60. The van der Waals surface area contributed by atoms with E-state index in [2.05, 4.69) is 4.99 Å². The van der Waals surface area contributed by atoms with Gasteiger partial charge in [-0.25, -0.2) is 9.18 Å². The number of ether oxygens (including phenoxy) is 1. The fraction of sp³-hybridized carbons (Fsp3) is 0.474. The molecule has 1 aliphatic rings. The first-order valence-electron chi connectivity index (χ1n) is 8.72. The molecule has 2 rings (SSSR count). The van der Waals surface area contributed by atoms with Crippen molar-refractivity contribution >= 4 is 40.1 Å². The molecule has 10 heteroatoms. The first-order chi connectivity index (χ1) is 13.2. The number of hydrogen-bond acceptors (Lipinski definition) is 4. The lowest BCUT2D eigenvalue weighted by Gasteiger charge is -2.34. The molecule has 0 spiro atoms.